The Morgan fingerprint density at radius 1 is 1.40 bits per heavy atom. The SMILES string of the molecule is O=[C]C(c1ccccc1)N1CCCC1F. The third-order valence-corrected chi connectivity index (χ3v) is 2.78. The molecule has 1 fully saturated rings. The fourth-order valence-corrected chi connectivity index (χ4v) is 2.00. The average Bonchev–Trinajstić information content (AvgIpc) is 2.68. The third-order valence-electron chi connectivity index (χ3n) is 2.78. The molecule has 0 N–H and O–H groups in total. The minimum atomic E-state index is -1.00. The first-order valence-corrected chi connectivity index (χ1v) is 5.15. The van der Waals surface area contributed by atoms with Crippen molar-refractivity contribution in [1.82, 2.24) is 4.90 Å². The molecular weight excluding hydrogens is 193 g/mol. The summed E-state index contributed by atoms with van der Waals surface area (Å²) in [5.74, 6) is 0. The molecule has 0 amide bonds. The molecule has 1 aliphatic rings. The molecule has 1 aromatic rings. The van der Waals surface area contributed by atoms with Crippen molar-refractivity contribution in [3.63, 3.8) is 0 Å². The van der Waals surface area contributed by atoms with Gasteiger partial charge in [0.2, 0.25) is 6.29 Å². The first-order chi connectivity index (χ1) is 7.33. The van der Waals surface area contributed by atoms with Crippen LogP contribution in [0.5, 0.6) is 0 Å². The van der Waals surface area contributed by atoms with Crippen LogP contribution in [-0.2, 0) is 4.79 Å². The lowest BCUT2D eigenvalue weighted by Crippen LogP contribution is -2.31. The van der Waals surface area contributed by atoms with Gasteiger partial charge in [0.15, 0.2) is 6.30 Å². The van der Waals surface area contributed by atoms with Crippen LogP contribution in [0.4, 0.5) is 4.39 Å². The van der Waals surface area contributed by atoms with Crippen molar-refractivity contribution < 1.29 is 9.18 Å². The molecule has 3 heteroatoms. The Bertz CT molecular complexity index is 328. The number of halogens is 1. The fourth-order valence-electron chi connectivity index (χ4n) is 2.00. The molecule has 2 unspecified atom stereocenters. The number of hydrogen-bond donors (Lipinski definition) is 0. The fraction of sp³-hybridized carbons (Fsp3) is 0.417. The largest absolute Gasteiger partial charge is 0.289 e. The molecule has 0 aromatic heterocycles. The maximum atomic E-state index is 13.5. The van der Waals surface area contributed by atoms with Crippen LogP contribution in [0.1, 0.15) is 24.4 Å². The van der Waals surface area contributed by atoms with E-state index < -0.39 is 12.3 Å². The summed E-state index contributed by atoms with van der Waals surface area (Å²) < 4.78 is 13.5. The molecule has 2 rings (SSSR count). The predicted molar refractivity (Wildman–Crippen MR) is 55.7 cm³/mol. The average molecular weight is 206 g/mol. The molecule has 1 heterocycles. The van der Waals surface area contributed by atoms with E-state index in [1.807, 2.05) is 36.6 Å². The van der Waals surface area contributed by atoms with Gasteiger partial charge in [0, 0.05) is 6.54 Å². The van der Waals surface area contributed by atoms with Crippen molar-refractivity contribution in [3.8, 4) is 0 Å². The van der Waals surface area contributed by atoms with Crippen LogP contribution in [0.3, 0.4) is 0 Å². The number of alkyl halides is 1. The number of hydrogen-bond acceptors (Lipinski definition) is 2. The third kappa shape index (κ3) is 2.07. The van der Waals surface area contributed by atoms with E-state index >= 15 is 0 Å². The summed E-state index contributed by atoms with van der Waals surface area (Å²) in [6, 6.07) is 8.69. The topological polar surface area (TPSA) is 20.3 Å². The van der Waals surface area contributed by atoms with Crippen molar-refractivity contribution >= 4 is 6.29 Å². The van der Waals surface area contributed by atoms with Gasteiger partial charge in [-0.3, -0.25) is 9.69 Å². The molecular formula is C12H13FNO. The highest BCUT2D eigenvalue weighted by molar-refractivity contribution is 5.62. The van der Waals surface area contributed by atoms with Crippen molar-refractivity contribution in [3.05, 3.63) is 35.9 Å². The van der Waals surface area contributed by atoms with Gasteiger partial charge in [-0.1, -0.05) is 30.3 Å². The molecule has 1 saturated heterocycles. The Morgan fingerprint density at radius 2 is 2.13 bits per heavy atom. The quantitative estimate of drug-likeness (QED) is 0.707. The van der Waals surface area contributed by atoms with E-state index in [4.69, 9.17) is 0 Å². The van der Waals surface area contributed by atoms with Crippen molar-refractivity contribution in [2.24, 2.45) is 0 Å². The van der Waals surface area contributed by atoms with Gasteiger partial charge >= 0.3 is 0 Å². The van der Waals surface area contributed by atoms with Gasteiger partial charge in [0.25, 0.3) is 0 Å². The Labute approximate surface area is 88.7 Å². The lowest BCUT2D eigenvalue weighted by molar-refractivity contribution is 0.107. The summed E-state index contributed by atoms with van der Waals surface area (Å²) in [5, 5.41) is 0. The molecule has 0 bridgehead atoms. The van der Waals surface area contributed by atoms with E-state index in [1.165, 1.54) is 0 Å². The van der Waals surface area contributed by atoms with Gasteiger partial charge in [-0.15, -0.1) is 0 Å². The summed E-state index contributed by atoms with van der Waals surface area (Å²) in [6.07, 6.45) is 2.25. The number of rotatable bonds is 3. The van der Waals surface area contributed by atoms with Gasteiger partial charge in [0.1, 0.15) is 6.04 Å². The van der Waals surface area contributed by atoms with Crippen LogP contribution in [0.2, 0.25) is 0 Å². The summed E-state index contributed by atoms with van der Waals surface area (Å²) >= 11 is 0. The van der Waals surface area contributed by atoms with Gasteiger partial charge in [-0.2, -0.15) is 0 Å². The molecule has 0 saturated carbocycles. The standard InChI is InChI=1S/C12H13FNO/c13-12-7-4-8-14(12)11(9-15)10-5-2-1-3-6-10/h1-3,5-6,11-12H,4,7-8H2. The van der Waals surface area contributed by atoms with Gasteiger partial charge in [-0.25, -0.2) is 4.39 Å². The minimum absolute atomic E-state index is 0.519. The Balaban J connectivity index is 2.20. The number of benzene rings is 1. The summed E-state index contributed by atoms with van der Waals surface area (Å²) in [5.41, 5.74) is 0.817. The van der Waals surface area contributed by atoms with E-state index in [1.54, 1.807) is 4.90 Å². The first-order valence-electron chi connectivity index (χ1n) is 5.15. The second kappa shape index (κ2) is 4.53. The highest BCUT2D eigenvalue weighted by Gasteiger charge is 2.31. The maximum absolute atomic E-state index is 13.5. The number of nitrogens with zero attached hydrogens (tertiary/aromatic N) is 1. The van der Waals surface area contributed by atoms with Gasteiger partial charge in [-0.05, 0) is 18.4 Å². The zero-order valence-corrected chi connectivity index (χ0v) is 8.40. The monoisotopic (exact) mass is 206 g/mol. The van der Waals surface area contributed by atoms with Crippen LogP contribution in [0.25, 0.3) is 0 Å². The zero-order chi connectivity index (χ0) is 10.7. The van der Waals surface area contributed by atoms with E-state index in [-0.39, 0.29) is 0 Å². The zero-order valence-electron chi connectivity index (χ0n) is 8.40. The van der Waals surface area contributed by atoms with E-state index in [9.17, 15) is 9.18 Å². The van der Waals surface area contributed by atoms with Crippen molar-refractivity contribution in [2.75, 3.05) is 6.54 Å². The first kappa shape index (κ1) is 10.3. The highest BCUT2D eigenvalue weighted by atomic mass is 19.1. The van der Waals surface area contributed by atoms with E-state index in [0.29, 0.717) is 13.0 Å². The number of likely N-dealkylation sites (tertiary alicyclic amines) is 1. The molecule has 1 radical (unpaired) electrons. The molecule has 0 spiro atoms. The lowest BCUT2D eigenvalue weighted by Gasteiger charge is -2.24. The van der Waals surface area contributed by atoms with Crippen LogP contribution in [-0.4, -0.2) is 24.0 Å². The van der Waals surface area contributed by atoms with E-state index in [0.717, 1.165) is 12.0 Å². The molecule has 1 aromatic carbocycles. The summed E-state index contributed by atoms with van der Waals surface area (Å²) in [4.78, 5) is 12.5. The Morgan fingerprint density at radius 3 is 2.67 bits per heavy atom. The Hall–Kier alpha value is -1.22. The highest BCUT2D eigenvalue weighted by Crippen LogP contribution is 2.28. The Kier molecular flexibility index (Phi) is 3.11. The smallest absolute Gasteiger partial charge is 0.222 e. The summed E-state index contributed by atoms with van der Waals surface area (Å²) in [6.45, 7) is 0.635. The number of carbonyl (C=O) groups excluding carboxylic acids is 1. The van der Waals surface area contributed by atoms with Crippen molar-refractivity contribution in [1.29, 1.82) is 0 Å². The van der Waals surface area contributed by atoms with Crippen LogP contribution < -0.4 is 0 Å². The molecule has 2 atom stereocenters. The van der Waals surface area contributed by atoms with Crippen LogP contribution in [0, 0.1) is 0 Å². The molecule has 1 aliphatic heterocycles. The normalized spacial score (nSPS) is 23.9. The maximum Gasteiger partial charge on any atom is 0.222 e. The van der Waals surface area contributed by atoms with Crippen molar-refractivity contribution in [2.45, 2.75) is 25.2 Å². The second-order valence-electron chi connectivity index (χ2n) is 3.75. The molecule has 0 aliphatic carbocycles. The lowest BCUT2D eigenvalue weighted by atomic mass is 10.1. The molecule has 79 valence electrons. The van der Waals surface area contributed by atoms with Crippen LogP contribution in [0.15, 0.2) is 30.3 Å². The second-order valence-corrected chi connectivity index (χ2v) is 3.75. The summed E-state index contributed by atoms with van der Waals surface area (Å²) in [7, 11) is 0. The van der Waals surface area contributed by atoms with Gasteiger partial charge in [0.05, 0.1) is 0 Å². The molecule has 2 nitrogen and oxygen atoms in total. The van der Waals surface area contributed by atoms with E-state index in [2.05, 4.69) is 0 Å². The molecule has 15 heavy (non-hydrogen) atoms. The van der Waals surface area contributed by atoms with Crippen LogP contribution >= 0.6 is 0 Å². The van der Waals surface area contributed by atoms with Gasteiger partial charge < -0.3 is 0 Å². The predicted octanol–water partition coefficient (Wildman–Crippen LogP) is 2.23. The minimum Gasteiger partial charge on any atom is -0.289 e.